The first-order valence-electron chi connectivity index (χ1n) is 5.50. The molecular weight excluding hydrogens is 256 g/mol. The summed E-state index contributed by atoms with van der Waals surface area (Å²) in [6.45, 7) is 6.24. The normalized spacial score (nSPS) is 8.21. The van der Waals surface area contributed by atoms with Gasteiger partial charge in [0.05, 0.1) is 0 Å². The predicted octanol–water partition coefficient (Wildman–Crippen LogP) is 0.448. The van der Waals surface area contributed by atoms with E-state index in [9.17, 15) is 14.4 Å². The number of carboxylic acid groups (broad SMARTS) is 2. The molecule has 7 nitrogen and oxygen atoms in total. The van der Waals surface area contributed by atoms with Crippen LogP contribution in [0.4, 0.5) is 0 Å². The van der Waals surface area contributed by atoms with E-state index in [1.54, 1.807) is 0 Å². The number of hydrogen-bond acceptors (Lipinski definition) is 5. The van der Waals surface area contributed by atoms with Crippen molar-refractivity contribution < 1.29 is 34.8 Å². The summed E-state index contributed by atoms with van der Waals surface area (Å²) in [4.78, 5) is 29.1. The molecule has 0 saturated heterocycles. The molecule has 0 aromatic rings. The molecule has 112 valence electrons. The van der Waals surface area contributed by atoms with Crippen molar-refractivity contribution in [3.63, 3.8) is 0 Å². The summed E-state index contributed by atoms with van der Waals surface area (Å²) >= 11 is 0. The second-order valence-electron chi connectivity index (χ2n) is 3.51. The van der Waals surface area contributed by atoms with E-state index in [-0.39, 0.29) is 31.0 Å². The van der Waals surface area contributed by atoms with Gasteiger partial charge in [0.25, 0.3) is 0 Å². The number of unbranched alkanes of at least 4 members (excludes halogenated alkanes) is 1. The zero-order valence-corrected chi connectivity index (χ0v) is 11.3. The number of hydrogen-bond donors (Lipinski definition) is 4. The molecule has 0 amide bonds. The molecule has 0 heterocycles. The van der Waals surface area contributed by atoms with Crippen LogP contribution in [0.5, 0.6) is 0 Å². The molecule has 0 radical (unpaired) electrons. The first kappa shape index (κ1) is 22.5. The van der Waals surface area contributed by atoms with Gasteiger partial charge in [-0.1, -0.05) is 6.58 Å². The summed E-state index contributed by atoms with van der Waals surface area (Å²) in [6, 6.07) is 0. The molecular formula is C12H22O7. The fourth-order valence-electron chi connectivity index (χ4n) is 0.437. The Morgan fingerprint density at radius 2 is 1.26 bits per heavy atom. The molecule has 0 aliphatic carbocycles. The number of carbonyl (C=O) groups excluding carboxylic acids is 1. The summed E-state index contributed by atoms with van der Waals surface area (Å²) in [5.41, 5.74) is 0.176. The maximum absolute atomic E-state index is 9.87. The second-order valence-corrected chi connectivity index (χ2v) is 3.51. The lowest BCUT2D eigenvalue weighted by atomic mass is 10.3. The maximum Gasteiger partial charge on any atom is 0.330 e. The second kappa shape index (κ2) is 16.3. The molecule has 0 bridgehead atoms. The minimum absolute atomic E-state index is 0.176. The number of Topliss-reactive ketones (excluding diaryl/α,β-unsaturated/α-hetero) is 1. The van der Waals surface area contributed by atoms with E-state index >= 15 is 0 Å². The average molecular weight is 278 g/mol. The molecule has 4 N–H and O–H groups in total. The van der Waals surface area contributed by atoms with Crippen molar-refractivity contribution in [3.05, 3.63) is 12.2 Å². The van der Waals surface area contributed by atoms with Gasteiger partial charge >= 0.3 is 11.9 Å². The van der Waals surface area contributed by atoms with Crippen LogP contribution < -0.4 is 0 Å². The van der Waals surface area contributed by atoms with Crippen LogP contribution in [0.1, 0.15) is 33.1 Å². The van der Waals surface area contributed by atoms with Gasteiger partial charge in [0.2, 0.25) is 0 Å². The molecule has 0 aromatic heterocycles. The van der Waals surface area contributed by atoms with Crippen LogP contribution in [0.15, 0.2) is 12.2 Å². The molecule has 0 fully saturated rings. The molecule has 0 saturated carbocycles. The number of ketones is 1. The number of rotatable bonds is 6. The Morgan fingerprint density at radius 3 is 1.32 bits per heavy atom. The van der Waals surface area contributed by atoms with Crippen LogP contribution in [0.2, 0.25) is 0 Å². The molecule has 0 rings (SSSR count). The maximum atomic E-state index is 9.87. The highest BCUT2D eigenvalue weighted by molar-refractivity contribution is 5.93. The highest BCUT2D eigenvalue weighted by Gasteiger charge is 1.98. The van der Waals surface area contributed by atoms with Gasteiger partial charge in [0.15, 0.2) is 0 Å². The van der Waals surface area contributed by atoms with Gasteiger partial charge in [-0.3, -0.25) is 9.59 Å². The van der Waals surface area contributed by atoms with Crippen LogP contribution in [0.25, 0.3) is 0 Å². The Kier molecular flexibility index (Phi) is 19.2. The largest absolute Gasteiger partial charge is 0.481 e. The van der Waals surface area contributed by atoms with E-state index in [0.29, 0.717) is 0 Å². The van der Waals surface area contributed by atoms with Crippen LogP contribution in [-0.4, -0.2) is 51.4 Å². The average Bonchev–Trinajstić information content (AvgIpc) is 2.25. The van der Waals surface area contributed by atoms with Crippen molar-refractivity contribution in [2.75, 3.05) is 13.2 Å². The third-order valence-corrected chi connectivity index (χ3v) is 1.33. The van der Waals surface area contributed by atoms with Gasteiger partial charge in [0.1, 0.15) is 12.2 Å². The summed E-state index contributed by atoms with van der Waals surface area (Å²) in [6.07, 6.45) is 1.08. The predicted molar refractivity (Wildman–Crippen MR) is 68.8 cm³/mol. The van der Waals surface area contributed by atoms with Crippen molar-refractivity contribution in [1.29, 1.82) is 0 Å². The van der Waals surface area contributed by atoms with Crippen LogP contribution >= 0.6 is 0 Å². The third-order valence-electron chi connectivity index (χ3n) is 1.33. The van der Waals surface area contributed by atoms with Crippen molar-refractivity contribution in [2.24, 2.45) is 0 Å². The molecule has 0 unspecified atom stereocenters. The molecule has 0 atom stereocenters. The standard InChI is InChI=1S/C4H6O3.C4H6O2.C4H10O2/c1-3(5)2-4(6)7;1-3(2)4(5)6;5-3-1-2-4-6/h2H2,1H3,(H,6,7);1H2,2H3,(H,5,6);5-6H,1-4H2. The quantitative estimate of drug-likeness (QED) is 0.315. The van der Waals surface area contributed by atoms with E-state index in [0.717, 1.165) is 12.8 Å². The van der Waals surface area contributed by atoms with Crippen molar-refractivity contribution in [2.45, 2.75) is 33.1 Å². The zero-order chi connectivity index (χ0) is 15.8. The fraction of sp³-hybridized carbons (Fsp3) is 0.583. The van der Waals surface area contributed by atoms with E-state index in [2.05, 4.69) is 6.58 Å². The Bertz CT molecular complexity index is 256. The molecule has 0 aliphatic rings. The molecule has 7 heteroatoms. The van der Waals surface area contributed by atoms with Gasteiger partial charge in [-0.25, -0.2) is 4.79 Å². The van der Waals surface area contributed by atoms with Crippen LogP contribution in [-0.2, 0) is 14.4 Å². The Hall–Kier alpha value is -1.73. The fourth-order valence-corrected chi connectivity index (χ4v) is 0.437. The third kappa shape index (κ3) is 38.6. The first-order valence-corrected chi connectivity index (χ1v) is 5.50. The smallest absolute Gasteiger partial charge is 0.330 e. The number of aliphatic hydroxyl groups excluding tert-OH is 2. The summed E-state index contributed by atoms with van der Waals surface area (Å²) in [5.74, 6) is -2.31. The molecule has 0 aromatic carbocycles. The van der Waals surface area contributed by atoms with Crippen molar-refractivity contribution >= 4 is 17.7 Å². The van der Waals surface area contributed by atoms with Gasteiger partial charge in [0, 0.05) is 18.8 Å². The number of carboxylic acids is 2. The zero-order valence-electron chi connectivity index (χ0n) is 11.3. The minimum Gasteiger partial charge on any atom is -0.481 e. The summed E-state index contributed by atoms with van der Waals surface area (Å²) in [7, 11) is 0. The topological polar surface area (TPSA) is 132 Å². The number of carbonyl (C=O) groups is 3. The van der Waals surface area contributed by atoms with Crippen molar-refractivity contribution in [1.82, 2.24) is 0 Å². The Labute approximate surface area is 112 Å². The lowest BCUT2D eigenvalue weighted by Crippen LogP contribution is -2.00. The van der Waals surface area contributed by atoms with E-state index in [4.69, 9.17) is 20.4 Å². The highest BCUT2D eigenvalue weighted by Crippen LogP contribution is 1.81. The lowest BCUT2D eigenvalue weighted by molar-refractivity contribution is -0.139. The van der Waals surface area contributed by atoms with Gasteiger partial charge in [-0.15, -0.1) is 0 Å². The molecule has 0 spiro atoms. The molecule has 19 heavy (non-hydrogen) atoms. The SMILES string of the molecule is C=C(C)C(=O)O.CC(=O)CC(=O)O.OCCCCO. The minimum atomic E-state index is -1.06. The molecule has 0 aliphatic heterocycles. The van der Waals surface area contributed by atoms with Crippen LogP contribution in [0, 0.1) is 0 Å². The van der Waals surface area contributed by atoms with Crippen LogP contribution in [0.3, 0.4) is 0 Å². The van der Waals surface area contributed by atoms with Gasteiger partial charge in [-0.05, 0) is 26.7 Å². The number of aliphatic hydroxyl groups is 2. The van der Waals surface area contributed by atoms with E-state index in [1.807, 2.05) is 0 Å². The monoisotopic (exact) mass is 278 g/mol. The summed E-state index contributed by atoms with van der Waals surface area (Å²) in [5, 5.41) is 31.9. The van der Waals surface area contributed by atoms with E-state index < -0.39 is 11.9 Å². The van der Waals surface area contributed by atoms with Gasteiger partial charge < -0.3 is 20.4 Å². The Balaban J connectivity index is -0.000000203. The highest BCUT2D eigenvalue weighted by atomic mass is 16.4. The first-order chi connectivity index (χ1) is 8.68. The van der Waals surface area contributed by atoms with Gasteiger partial charge in [-0.2, -0.15) is 0 Å². The van der Waals surface area contributed by atoms with E-state index in [1.165, 1.54) is 13.8 Å². The Morgan fingerprint density at radius 1 is 0.947 bits per heavy atom. The van der Waals surface area contributed by atoms with Crippen molar-refractivity contribution in [3.8, 4) is 0 Å². The number of aliphatic carboxylic acids is 2. The lowest BCUT2D eigenvalue weighted by Gasteiger charge is -1.85. The summed E-state index contributed by atoms with van der Waals surface area (Å²) < 4.78 is 0.